The Balaban J connectivity index is 2.30. The van der Waals surface area contributed by atoms with Gasteiger partial charge in [-0.15, -0.1) is 0 Å². The van der Waals surface area contributed by atoms with E-state index in [1.807, 2.05) is 0 Å². The van der Waals surface area contributed by atoms with Gasteiger partial charge in [-0.3, -0.25) is 4.79 Å². The smallest absolute Gasteiger partial charge is 0.238 e. The zero-order valence-electron chi connectivity index (χ0n) is 12.1. The summed E-state index contributed by atoms with van der Waals surface area (Å²) in [5.41, 5.74) is 6.15. The van der Waals surface area contributed by atoms with Gasteiger partial charge in [-0.2, -0.15) is 0 Å². The molecular weight excluding hydrogens is 290 g/mol. The van der Waals surface area contributed by atoms with Crippen molar-refractivity contribution in [3.8, 4) is 0 Å². The highest BCUT2D eigenvalue weighted by molar-refractivity contribution is 7.89. The van der Waals surface area contributed by atoms with Crippen LogP contribution in [-0.2, 0) is 14.8 Å². The molecule has 21 heavy (non-hydrogen) atoms. The van der Waals surface area contributed by atoms with E-state index in [0.29, 0.717) is 17.8 Å². The fourth-order valence-corrected chi connectivity index (χ4v) is 3.69. The molecule has 0 saturated heterocycles. The van der Waals surface area contributed by atoms with Crippen molar-refractivity contribution in [1.29, 1.82) is 0 Å². The highest BCUT2D eigenvalue weighted by Gasteiger charge is 2.40. The number of nitrogens with one attached hydrogen (secondary N) is 1. The number of primary sulfonamides is 1. The fourth-order valence-electron chi connectivity index (χ4n) is 2.89. The molecule has 0 bridgehead atoms. The number of nitrogens with two attached hydrogens (primary N) is 2. The molecule has 0 aromatic heterocycles. The largest absolute Gasteiger partial charge is 0.329 e. The monoisotopic (exact) mass is 311 g/mol. The number of benzene rings is 1. The molecule has 7 heteroatoms. The maximum absolute atomic E-state index is 12.5. The molecule has 0 radical (unpaired) electrons. The van der Waals surface area contributed by atoms with Crippen LogP contribution in [-0.4, -0.2) is 20.9 Å². The fraction of sp³-hybridized carbons (Fsp3) is 0.500. The zero-order valence-corrected chi connectivity index (χ0v) is 12.9. The Kier molecular flexibility index (Phi) is 4.36. The lowest BCUT2D eigenvalue weighted by Gasteiger charge is -2.26. The van der Waals surface area contributed by atoms with E-state index in [4.69, 9.17) is 10.9 Å². The van der Waals surface area contributed by atoms with Gasteiger partial charge in [0.15, 0.2) is 0 Å². The Labute approximate surface area is 124 Å². The third-order valence-electron chi connectivity index (χ3n) is 4.27. The number of anilines is 1. The summed E-state index contributed by atoms with van der Waals surface area (Å²) in [6, 6.07) is 4.65. The zero-order chi connectivity index (χ0) is 15.7. The van der Waals surface area contributed by atoms with Crippen LogP contribution in [0.2, 0.25) is 0 Å². The first-order chi connectivity index (χ1) is 9.80. The standard InChI is InChI=1S/C14H21N3O3S/c1-10-11(5-4-6-12(10)21(16,19)20)17-13(18)14(9-15)7-2-3-8-14/h4-6H,2-3,7-9,15H2,1H3,(H,17,18)(H2,16,19,20). The van der Waals surface area contributed by atoms with Crippen molar-refractivity contribution in [2.24, 2.45) is 16.3 Å². The number of carbonyl (C=O) groups is 1. The molecule has 0 aliphatic heterocycles. The highest BCUT2D eigenvalue weighted by Crippen LogP contribution is 2.38. The van der Waals surface area contributed by atoms with Crippen molar-refractivity contribution in [3.63, 3.8) is 0 Å². The van der Waals surface area contributed by atoms with Crippen LogP contribution in [0.4, 0.5) is 5.69 Å². The van der Waals surface area contributed by atoms with E-state index in [1.54, 1.807) is 19.1 Å². The Bertz CT molecular complexity index is 649. The van der Waals surface area contributed by atoms with Gasteiger partial charge in [0.25, 0.3) is 0 Å². The van der Waals surface area contributed by atoms with Gasteiger partial charge in [-0.05, 0) is 37.5 Å². The van der Waals surface area contributed by atoms with Crippen molar-refractivity contribution in [3.05, 3.63) is 23.8 Å². The van der Waals surface area contributed by atoms with E-state index >= 15 is 0 Å². The lowest BCUT2D eigenvalue weighted by atomic mass is 9.85. The molecule has 1 aromatic rings. The van der Waals surface area contributed by atoms with Crippen molar-refractivity contribution in [1.82, 2.24) is 0 Å². The average molecular weight is 311 g/mol. The molecule has 2 rings (SSSR count). The number of rotatable bonds is 4. The molecule has 5 N–H and O–H groups in total. The Morgan fingerprint density at radius 3 is 2.48 bits per heavy atom. The van der Waals surface area contributed by atoms with Gasteiger partial charge < -0.3 is 11.1 Å². The molecule has 1 aromatic carbocycles. The average Bonchev–Trinajstić information content (AvgIpc) is 2.89. The van der Waals surface area contributed by atoms with E-state index in [1.165, 1.54) is 6.07 Å². The maximum atomic E-state index is 12.5. The summed E-state index contributed by atoms with van der Waals surface area (Å²) in [6.07, 6.45) is 3.51. The molecular formula is C14H21N3O3S. The van der Waals surface area contributed by atoms with Crippen LogP contribution < -0.4 is 16.2 Å². The summed E-state index contributed by atoms with van der Waals surface area (Å²) < 4.78 is 23.0. The quantitative estimate of drug-likeness (QED) is 0.772. The van der Waals surface area contributed by atoms with Gasteiger partial charge in [-0.25, -0.2) is 13.6 Å². The van der Waals surface area contributed by atoms with Crippen molar-refractivity contribution in [2.45, 2.75) is 37.5 Å². The van der Waals surface area contributed by atoms with E-state index in [9.17, 15) is 13.2 Å². The second-order valence-corrected chi connectivity index (χ2v) is 7.15. The third-order valence-corrected chi connectivity index (χ3v) is 5.33. The minimum atomic E-state index is -3.81. The van der Waals surface area contributed by atoms with E-state index in [0.717, 1.165) is 25.7 Å². The topological polar surface area (TPSA) is 115 Å². The van der Waals surface area contributed by atoms with Gasteiger partial charge >= 0.3 is 0 Å². The summed E-state index contributed by atoms with van der Waals surface area (Å²) >= 11 is 0. The molecule has 0 unspecified atom stereocenters. The molecule has 1 amide bonds. The molecule has 0 spiro atoms. The SMILES string of the molecule is Cc1c(NC(=O)C2(CN)CCCC2)cccc1S(N)(=O)=O. The van der Waals surface area contributed by atoms with Crippen LogP contribution in [0.15, 0.2) is 23.1 Å². The van der Waals surface area contributed by atoms with Crippen molar-refractivity contribution in [2.75, 3.05) is 11.9 Å². The summed E-state index contributed by atoms with van der Waals surface area (Å²) in [5, 5.41) is 7.99. The van der Waals surface area contributed by atoms with Crippen LogP contribution in [0.5, 0.6) is 0 Å². The molecule has 1 aliphatic carbocycles. The van der Waals surface area contributed by atoms with Crippen LogP contribution >= 0.6 is 0 Å². The van der Waals surface area contributed by atoms with Crippen molar-refractivity contribution >= 4 is 21.6 Å². The first-order valence-corrected chi connectivity index (χ1v) is 8.49. The van der Waals surface area contributed by atoms with Gasteiger partial charge in [-0.1, -0.05) is 18.9 Å². The van der Waals surface area contributed by atoms with Gasteiger partial charge in [0.1, 0.15) is 0 Å². The second-order valence-electron chi connectivity index (χ2n) is 5.62. The number of amides is 1. The molecule has 1 saturated carbocycles. The van der Waals surface area contributed by atoms with Gasteiger partial charge in [0.05, 0.1) is 10.3 Å². The molecule has 1 fully saturated rings. The highest BCUT2D eigenvalue weighted by atomic mass is 32.2. The van der Waals surface area contributed by atoms with Crippen LogP contribution in [0.25, 0.3) is 0 Å². The number of hydrogen-bond donors (Lipinski definition) is 3. The first kappa shape index (κ1) is 15.9. The molecule has 0 heterocycles. The number of sulfonamides is 1. The second kappa shape index (κ2) is 5.75. The van der Waals surface area contributed by atoms with Crippen LogP contribution in [0, 0.1) is 12.3 Å². The predicted molar refractivity (Wildman–Crippen MR) is 81.1 cm³/mol. The summed E-state index contributed by atoms with van der Waals surface area (Å²) in [4.78, 5) is 12.5. The normalized spacial score (nSPS) is 17.7. The van der Waals surface area contributed by atoms with Crippen LogP contribution in [0.1, 0.15) is 31.2 Å². The van der Waals surface area contributed by atoms with E-state index in [-0.39, 0.29) is 10.8 Å². The minimum absolute atomic E-state index is 0.0218. The number of carbonyl (C=O) groups excluding carboxylic acids is 1. The third kappa shape index (κ3) is 3.09. The molecule has 6 nitrogen and oxygen atoms in total. The molecule has 1 aliphatic rings. The summed E-state index contributed by atoms with van der Waals surface area (Å²) in [7, 11) is -3.81. The van der Waals surface area contributed by atoms with E-state index < -0.39 is 15.4 Å². The minimum Gasteiger partial charge on any atom is -0.329 e. The van der Waals surface area contributed by atoms with E-state index in [2.05, 4.69) is 5.32 Å². The van der Waals surface area contributed by atoms with Gasteiger partial charge in [0.2, 0.25) is 15.9 Å². The lowest BCUT2D eigenvalue weighted by molar-refractivity contribution is -0.124. The predicted octanol–water partition coefficient (Wildman–Crippen LogP) is 1.10. The Morgan fingerprint density at radius 1 is 1.33 bits per heavy atom. The Morgan fingerprint density at radius 2 is 1.95 bits per heavy atom. The summed E-state index contributed by atoms with van der Waals surface area (Å²) in [5.74, 6) is -0.142. The lowest BCUT2D eigenvalue weighted by Crippen LogP contribution is -2.40. The molecule has 116 valence electrons. The van der Waals surface area contributed by atoms with Crippen molar-refractivity contribution < 1.29 is 13.2 Å². The number of hydrogen-bond acceptors (Lipinski definition) is 4. The maximum Gasteiger partial charge on any atom is 0.238 e. The summed E-state index contributed by atoms with van der Waals surface area (Å²) in [6.45, 7) is 1.92. The molecule has 0 atom stereocenters. The van der Waals surface area contributed by atoms with Crippen LogP contribution in [0.3, 0.4) is 0 Å². The Hall–Kier alpha value is -1.44. The first-order valence-electron chi connectivity index (χ1n) is 6.94. The van der Waals surface area contributed by atoms with Gasteiger partial charge in [0, 0.05) is 12.2 Å².